The Morgan fingerprint density at radius 1 is 1.03 bits per heavy atom. The Morgan fingerprint density at radius 3 is 2.36 bits per heavy atom. The van der Waals surface area contributed by atoms with Gasteiger partial charge in [-0.2, -0.15) is 0 Å². The highest BCUT2D eigenvalue weighted by Crippen LogP contribution is 2.32. The van der Waals surface area contributed by atoms with E-state index in [1.165, 1.54) is 31.5 Å². The molecule has 0 saturated carbocycles. The van der Waals surface area contributed by atoms with E-state index in [9.17, 15) is 9.18 Å². The van der Waals surface area contributed by atoms with Crippen LogP contribution >= 0.6 is 0 Å². The lowest BCUT2D eigenvalue weighted by atomic mass is 9.88. The third kappa shape index (κ3) is 6.80. The molecule has 4 nitrogen and oxygen atoms in total. The van der Waals surface area contributed by atoms with Crippen molar-refractivity contribution in [2.75, 3.05) is 19.7 Å². The van der Waals surface area contributed by atoms with Crippen LogP contribution in [0.3, 0.4) is 0 Å². The molecule has 2 saturated heterocycles. The van der Waals surface area contributed by atoms with E-state index in [4.69, 9.17) is 4.74 Å². The number of amides is 1. The minimum atomic E-state index is -0.253. The zero-order chi connectivity index (χ0) is 23.2. The fourth-order valence-electron chi connectivity index (χ4n) is 5.09. The molecule has 0 N–H and O–H groups in total. The highest BCUT2D eigenvalue weighted by Gasteiger charge is 2.33. The monoisotopic (exact) mass is 452 g/mol. The summed E-state index contributed by atoms with van der Waals surface area (Å²) in [7, 11) is 0. The molecule has 0 aromatic heterocycles. The number of halogens is 1. The van der Waals surface area contributed by atoms with Crippen LogP contribution in [0.1, 0.15) is 57.1 Å². The predicted molar refractivity (Wildman–Crippen MR) is 129 cm³/mol. The van der Waals surface area contributed by atoms with Gasteiger partial charge in [0.15, 0.2) is 0 Å². The van der Waals surface area contributed by atoms with Crippen molar-refractivity contribution in [2.24, 2.45) is 11.8 Å². The molecule has 0 unspecified atom stereocenters. The largest absolute Gasteiger partial charge is 0.493 e. The highest BCUT2D eigenvalue weighted by molar-refractivity contribution is 5.76. The van der Waals surface area contributed by atoms with Crippen LogP contribution < -0.4 is 4.74 Å². The van der Waals surface area contributed by atoms with Gasteiger partial charge in [0, 0.05) is 25.6 Å². The molecule has 1 amide bonds. The van der Waals surface area contributed by atoms with Gasteiger partial charge in [-0.15, -0.1) is 0 Å². The lowest BCUT2D eigenvalue weighted by molar-refractivity contribution is -0.134. The van der Waals surface area contributed by atoms with Crippen molar-refractivity contribution in [3.05, 3.63) is 65.5 Å². The summed E-state index contributed by atoms with van der Waals surface area (Å²) in [5.74, 6) is 1.73. The lowest BCUT2D eigenvalue weighted by Crippen LogP contribution is -2.40. The second kappa shape index (κ2) is 11.1. The molecular formula is C28H37FN2O2. The molecule has 0 radical (unpaired) electrons. The number of hydrogen-bond acceptors (Lipinski definition) is 3. The Balaban J connectivity index is 1.42. The number of nitrogens with zero attached hydrogens (tertiary/aromatic N) is 2. The maximum Gasteiger partial charge on any atom is 0.223 e. The summed E-state index contributed by atoms with van der Waals surface area (Å²) in [4.78, 5) is 18.0. The predicted octanol–water partition coefficient (Wildman–Crippen LogP) is 5.65. The molecule has 2 aromatic carbocycles. The summed E-state index contributed by atoms with van der Waals surface area (Å²) in [5.41, 5.74) is 2.03. The first-order valence-electron chi connectivity index (χ1n) is 12.4. The smallest absolute Gasteiger partial charge is 0.223 e. The number of benzene rings is 2. The van der Waals surface area contributed by atoms with E-state index < -0.39 is 0 Å². The first-order valence-corrected chi connectivity index (χ1v) is 12.4. The van der Waals surface area contributed by atoms with Gasteiger partial charge >= 0.3 is 0 Å². The molecule has 2 aliphatic rings. The van der Waals surface area contributed by atoms with Crippen LogP contribution in [0.2, 0.25) is 0 Å². The second-order valence-corrected chi connectivity index (χ2v) is 10.2. The van der Waals surface area contributed by atoms with Crippen LogP contribution in [-0.2, 0) is 17.9 Å². The number of rotatable bonds is 9. The first-order chi connectivity index (χ1) is 16.0. The number of ether oxygens (including phenoxy) is 1. The van der Waals surface area contributed by atoms with Crippen LogP contribution in [0.15, 0.2) is 48.5 Å². The van der Waals surface area contributed by atoms with Crippen LogP contribution in [0, 0.1) is 17.7 Å². The molecule has 178 valence electrons. The van der Waals surface area contributed by atoms with E-state index in [0.29, 0.717) is 44.0 Å². The van der Waals surface area contributed by atoms with Crippen molar-refractivity contribution in [3.8, 4) is 5.75 Å². The number of fused-ring (bicyclic) bond motifs is 1. The summed E-state index contributed by atoms with van der Waals surface area (Å²) >= 11 is 0. The highest BCUT2D eigenvalue weighted by atomic mass is 19.1. The van der Waals surface area contributed by atoms with Gasteiger partial charge in [0.25, 0.3) is 0 Å². The molecule has 0 spiro atoms. The van der Waals surface area contributed by atoms with E-state index in [1.807, 2.05) is 29.2 Å². The molecule has 2 aliphatic heterocycles. The standard InChI is InChI=1S/C28H37FN2O2/c1-21(2)20-33-27-11-7-23(8-12-27)19-31(18-22-5-9-25(29)10-6-22)28(32)17-24-13-15-30-14-3-4-26(30)16-24/h5-12,21,24,26H,3-4,13-20H2,1-2H3/t24-,26-/m0/s1. The van der Waals surface area contributed by atoms with E-state index >= 15 is 0 Å². The molecular weight excluding hydrogens is 415 g/mol. The van der Waals surface area contributed by atoms with E-state index in [0.717, 1.165) is 36.3 Å². The SMILES string of the molecule is CC(C)COc1ccc(CN(Cc2ccc(F)cc2)C(=O)C[C@H]2CCN3CCC[C@H]3C2)cc1. The lowest BCUT2D eigenvalue weighted by Gasteiger charge is -2.35. The molecule has 2 atom stereocenters. The van der Waals surface area contributed by atoms with E-state index in [2.05, 4.69) is 18.7 Å². The van der Waals surface area contributed by atoms with Crippen LogP contribution in [0.4, 0.5) is 4.39 Å². The fourth-order valence-corrected chi connectivity index (χ4v) is 5.09. The van der Waals surface area contributed by atoms with Gasteiger partial charge in [-0.05, 0) is 86.0 Å². The summed E-state index contributed by atoms with van der Waals surface area (Å²) < 4.78 is 19.2. The van der Waals surface area contributed by atoms with Gasteiger partial charge in [-0.25, -0.2) is 4.39 Å². The molecule has 4 rings (SSSR count). The van der Waals surface area contributed by atoms with Crippen molar-refractivity contribution in [2.45, 2.75) is 65.1 Å². The Labute approximate surface area is 197 Å². The van der Waals surface area contributed by atoms with Gasteiger partial charge < -0.3 is 14.5 Å². The molecule has 2 fully saturated rings. The Bertz CT molecular complexity index is 897. The maximum atomic E-state index is 13.4. The first kappa shape index (κ1) is 23.7. The van der Waals surface area contributed by atoms with Gasteiger partial charge in [0.2, 0.25) is 5.91 Å². The Kier molecular flexibility index (Phi) is 8.02. The third-order valence-electron chi connectivity index (χ3n) is 6.91. The average Bonchev–Trinajstić information content (AvgIpc) is 3.27. The van der Waals surface area contributed by atoms with Crippen LogP contribution in [-0.4, -0.2) is 41.4 Å². The summed E-state index contributed by atoms with van der Waals surface area (Å²) in [6.07, 6.45) is 5.40. The molecule has 0 bridgehead atoms. The third-order valence-corrected chi connectivity index (χ3v) is 6.91. The summed E-state index contributed by atoms with van der Waals surface area (Å²) in [6, 6.07) is 15.2. The fraction of sp³-hybridized carbons (Fsp3) is 0.536. The van der Waals surface area contributed by atoms with Gasteiger partial charge in [0.1, 0.15) is 11.6 Å². The van der Waals surface area contributed by atoms with Crippen molar-refractivity contribution in [1.29, 1.82) is 0 Å². The zero-order valence-electron chi connectivity index (χ0n) is 20.0. The molecule has 2 heterocycles. The summed E-state index contributed by atoms with van der Waals surface area (Å²) in [5, 5.41) is 0. The normalized spacial score (nSPS) is 20.6. The van der Waals surface area contributed by atoms with Gasteiger partial charge in [-0.3, -0.25) is 4.79 Å². The molecule has 0 aliphatic carbocycles. The maximum absolute atomic E-state index is 13.4. The quantitative estimate of drug-likeness (QED) is 0.493. The van der Waals surface area contributed by atoms with E-state index in [1.54, 1.807) is 12.1 Å². The van der Waals surface area contributed by atoms with E-state index in [-0.39, 0.29) is 11.7 Å². The molecule has 2 aromatic rings. The van der Waals surface area contributed by atoms with Crippen molar-refractivity contribution < 1.29 is 13.9 Å². The minimum Gasteiger partial charge on any atom is -0.493 e. The van der Waals surface area contributed by atoms with Crippen molar-refractivity contribution >= 4 is 5.91 Å². The summed E-state index contributed by atoms with van der Waals surface area (Å²) in [6.45, 7) is 8.33. The van der Waals surface area contributed by atoms with Gasteiger partial charge in [-0.1, -0.05) is 38.1 Å². The number of carbonyl (C=O) groups is 1. The van der Waals surface area contributed by atoms with Crippen LogP contribution in [0.5, 0.6) is 5.75 Å². The van der Waals surface area contributed by atoms with Gasteiger partial charge in [0.05, 0.1) is 6.61 Å². The van der Waals surface area contributed by atoms with Crippen molar-refractivity contribution in [3.63, 3.8) is 0 Å². The number of carbonyl (C=O) groups excluding carboxylic acids is 1. The van der Waals surface area contributed by atoms with Crippen molar-refractivity contribution in [1.82, 2.24) is 9.80 Å². The Morgan fingerprint density at radius 2 is 1.70 bits per heavy atom. The molecule has 5 heteroatoms. The average molecular weight is 453 g/mol. The topological polar surface area (TPSA) is 32.8 Å². The molecule has 33 heavy (non-hydrogen) atoms. The van der Waals surface area contributed by atoms with Crippen LogP contribution in [0.25, 0.3) is 0 Å². The zero-order valence-corrected chi connectivity index (χ0v) is 20.0. The second-order valence-electron chi connectivity index (χ2n) is 10.2. The Hall–Kier alpha value is -2.40. The minimum absolute atomic E-state index is 0.191. The number of hydrogen-bond donors (Lipinski definition) is 0. The number of piperidine rings is 1.